The average Bonchev–Trinajstić information content (AvgIpc) is 3.30. The molecule has 1 N–H and O–H groups in total. The first-order valence-electron chi connectivity index (χ1n) is 7.09. The molecule has 1 fully saturated rings. The molecule has 1 atom stereocenters. The van der Waals surface area contributed by atoms with Crippen molar-refractivity contribution in [3.63, 3.8) is 0 Å². The molecule has 0 amide bonds. The predicted molar refractivity (Wildman–Crippen MR) is 80.2 cm³/mol. The zero-order valence-corrected chi connectivity index (χ0v) is 11.6. The van der Waals surface area contributed by atoms with Crippen molar-refractivity contribution in [2.75, 3.05) is 0 Å². The molecule has 21 heavy (non-hydrogen) atoms. The molecule has 3 rings (SSSR count). The highest BCUT2D eigenvalue weighted by Gasteiger charge is 2.49. The number of nitro groups is 1. The number of hydrogen-bond acceptors (Lipinski definition) is 3. The average molecular weight is 283 g/mol. The summed E-state index contributed by atoms with van der Waals surface area (Å²) in [5.41, 5.74) is 2.05. The van der Waals surface area contributed by atoms with Crippen molar-refractivity contribution in [3.05, 3.63) is 75.8 Å². The second kappa shape index (κ2) is 5.30. The van der Waals surface area contributed by atoms with Crippen LogP contribution < -0.4 is 0 Å². The fraction of sp³-hybridized carbons (Fsp3) is 0.294. The van der Waals surface area contributed by atoms with Gasteiger partial charge in [0.25, 0.3) is 5.69 Å². The van der Waals surface area contributed by atoms with Gasteiger partial charge < -0.3 is 5.11 Å². The zero-order valence-electron chi connectivity index (χ0n) is 11.6. The minimum Gasteiger partial charge on any atom is -0.392 e. The van der Waals surface area contributed by atoms with E-state index in [1.807, 2.05) is 18.2 Å². The van der Waals surface area contributed by atoms with Gasteiger partial charge in [0.1, 0.15) is 0 Å². The number of non-ortho nitro benzene ring substituents is 1. The van der Waals surface area contributed by atoms with Crippen LogP contribution in [0.25, 0.3) is 0 Å². The first-order chi connectivity index (χ1) is 10.1. The standard InChI is InChI=1S/C17H17NO3/c19-16(12-13-6-8-15(9-7-13)18(20)21)17(10-11-17)14-4-2-1-3-5-14/h1-9,16,19H,10-12H2. The van der Waals surface area contributed by atoms with Gasteiger partial charge in [0.2, 0.25) is 0 Å². The van der Waals surface area contributed by atoms with E-state index in [2.05, 4.69) is 12.1 Å². The summed E-state index contributed by atoms with van der Waals surface area (Å²) >= 11 is 0. The highest BCUT2D eigenvalue weighted by molar-refractivity contribution is 5.36. The lowest BCUT2D eigenvalue weighted by Crippen LogP contribution is -2.28. The topological polar surface area (TPSA) is 63.4 Å². The second-order valence-corrected chi connectivity index (χ2v) is 5.67. The van der Waals surface area contributed by atoms with E-state index in [-0.39, 0.29) is 11.1 Å². The Hall–Kier alpha value is -2.20. The van der Waals surface area contributed by atoms with Gasteiger partial charge in [0, 0.05) is 17.5 Å². The van der Waals surface area contributed by atoms with Gasteiger partial charge in [-0.2, -0.15) is 0 Å². The van der Waals surface area contributed by atoms with Gasteiger partial charge in [0.15, 0.2) is 0 Å². The molecule has 4 heteroatoms. The maximum atomic E-state index is 10.6. The van der Waals surface area contributed by atoms with Crippen molar-refractivity contribution in [3.8, 4) is 0 Å². The van der Waals surface area contributed by atoms with Crippen molar-refractivity contribution in [2.24, 2.45) is 0 Å². The maximum Gasteiger partial charge on any atom is 0.269 e. The van der Waals surface area contributed by atoms with Crippen LogP contribution >= 0.6 is 0 Å². The molecule has 0 spiro atoms. The molecule has 1 saturated carbocycles. The van der Waals surface area contributed by atoms with Gasteiger partial charge in [-0.15, -0.1) is 0 Å². The molecule has 108 valence electrons. The van der Waals surface area contributed by atoms with Crippen LogP contribution in [0.1, 0.15) is 24.0 Å². The lowest BCUT2D eigenvalue weighted by atomic mass is 9.86. The Morgan fingerprint density at radius 3 is 2.24 bits per heavy atom. The van der Waals surface area contributed by atoms with Gasteiger partial charge in [-0.25, -0.2) is 0 Å². The van der Waals surface area contributed by atoms with Gasteiger partial charge in [-0.1, -0.05) is 42.5 Å². The molecular formula is C17H17NO3. The van der Waals surface area contributed by atoms with Gasteiger partial charge >= 0.3 is 0 Å². The van der Waals surface area contributed by atoms with E-state index in [0.717, 1.165) is 18.4 Å². The van der Waals surface area contributed by atoms with Crippen LogP contribution in [-0.2, 0) is 11.8 Å². The Morgan fingerprint density at radius 2 is 1.71 bits per heavy atom. The van der Waals surface area contributed by atoms with Crippen LogP contribution in [0, 0.1) is 10.1 Å². The van der Waals surface area contributed by atoms with Crippen molar-refractivity contribution < 1.29 is 10.0 Å². The molecule has 0 bridgehead atoms. The fourth-order valence-electron chi connectivity index (χ4n) is 2.89. The van der Waals surface area contributed by atoms with Gasteiger partial charge in [0.05, 0.1) is 11.0 Å². The van der Waals surface area contributed by atoms with E-state index >= 15 is 0 Å². The monoisotopic (exact) mass is 283 g/mol. The Labute approximate surface area is 123 Å². The van der Waals surface area contributed by atoms with Crippen molar-refractivity contribution >= 4 is 5.69 Å². The largest absolute Gasteiger partial charge is 0.392 e. The minimum atomic E-state index is -0.457. The maximum absolute atomic E-state index is 10.6. The molecule has 4 nitrogen and oxygen atoms in total. The number of nitrogens with zero attached hydrogens (tertiary/aromatic N) is 1. The second-order valence-electron chi connectivity index (χ2n) is 5.67. The molecule has 0 aromatic heterocycles. The number of hydrogen-bond donors (Lipinski definition) is 1. The summed E-state index contributed by atoms with van der Waals surface area (Å²) in [7, 11) is 0. The summed E-state index contributed by atoms with van der Waals surface area (Å²) in [6.45, 7) is 0. The third-order valence-electron chi connectivity index (χ3n) is 4.35. The minimum absolute atomic E-state index is 0.0810. The van der Waals surface area contributed by atoms with E-state index in [4.69, 9.17) is 0 Å². The molecule has 0 radical (unpaired) electrons. The van der Waals surface area contributed by atoms with Crippen LogP contribution in [0.2, 0.25) is 0 Å². The Balaban J connectivity index is 1.74. The highest BCUT2D eigenvalue weighted by atomic mass is 16.6. The van der Waals surface area contributed by atoms with E-state index in [1.165, 1.54) is 17.7 Å². The first-order valence-corrected chi connectivity index (χ1v) is 7.09. The predicted octanol–water partition coefficient (Wildman–Crippen LogP) is 3.23. The Kier molecular flexibility index (Phi) is 3.47. The lowest BCUT2D eigenvalue weighted by Gasteiger charge is -2.23. The highest BCUT2D eigenvalue weighted by Crippen LogP contribution is 2.51. The zero-order chi connectivity index (χ0) is 14.9. The molecule has 2 aromatic rings. The van der Waals surface area contributed by atoms with E-state index in [0.29, 0.717) is 6.42 Å². The summed E-state index contributed by atoms with van der Waals surface area (Å²) in [4.78, 5) is 10.2. The van der Waals surface area contributed by atoms with Crippen LogP contribution in [-0.4, -0.2) is 16.1 Å². The van der Waals surface area contributed by atoms with Crippen molar-refractivity contribution in [1.29, 1.82) is 0 Å². The smallest absolute Gasteiger partial charge is 0.269 e. The third-order valence-corrected chi connectivity index (χ3v) is 4.35. The Morgan fingerprint density at radius 1 is 1.10 bits per heavy atom. The molecule has 2 aromatic carbocycles. The number of nitro benzene ring substituents is 1. The summed E-state index contributed by atoms with van der Waals surface area (Å²) in [6, 6.07) is 16.5. The lowest BCUT2D eigenvalue weighted by molar-refractivity contribution is -0.384. The number of aliphatic hydroxyl groups is 1. The molecular weight excluding hydrogens is 266 g/mol. The SMILES string of the molecule is O=[N+]([O-])c1ccc(CC(O)C2(c3ccccc3)CC2)cc1. The normalized spacial score (nSPS) is 17.2. The quantitative estimate of drug-likeness (QED) is 0.677. The van der Waals surface area contributed by atoms with Crippen LogP contribution in [0.3, 0.4) is 0 Å². The van der Waals surface area contributed by atoms with Crippen LogP contribution in [0.5, 0.6) is 0 Å². The Bertz CT molecular complexity index is 633. The van der Waals surface area contributed by atoms with E-state index in [1.54, 1.807) is 12.1 Å². The van der Waals surface area contributed by atoms with Gasteiger partial charge in [-0.3, -0.25) is 10.1 Å². The van der Waals surface area contributed by atoms with E-state index < -0.39 is 11.0 Å². The molecule has 0 aliphatic heterocycles. The summed E-state index contributed by atoms with van der Waals surface area (Å²) in [5, 5.41) is 21.2. The summed E-state index contributed by atoms with van der Waals surface area (Å²) < 4.78 is 0. The number of aliphatic hydroxyl groups excluding tert-OH is 1. The summed E-state index contributed by atoms with van der Waals surface area (Å²) in [5.74, 6) is 0. The number of rotatable bonds is 5. The van der Waals surface area contributed by atoms with Crippen LogP contribution in [0.15, 0.2) is 54.6 Å². The third kappa shape index (κ3) is 2.67. The first kappa shape index (κ1) is 13.8. The molecule has 0 saturated heterocycles. The fourth-order valence-corrected chi connectivity index (χ4v) is 2.89. The molecule has 0 heterocycles. The van der Waals surface area contributed by atoms with E-state index in [9.17, 15) is 15.2 Å². The van der Waals surface area contributed by atoms with Crippen LogP contribution in [0.4, 0.5) is 5.69 Å². The van der Waals surface area contributed by atoms with Crippen molar-refractivity contribution in [2.45, 2.75) is 30.8 Å². The molecule has 1 unspecified atom stereocenters. The summed E-state index contributed by atoms with van der Waals surface area (Å²) in [6.07, 6.45) is 2.05. The number of benzene rings is 2. The van der Waals surface area contributed by atoms with Gasteiger partial charge in [-0.05, 0) is 30.4 Å². The molecule has 1 aliphatic carbocycles. The van der Waals surface area contributed by atoms with Crippen molar-refractivity contribution in [1.82, 2.24) is 0 Å². The molecule has 1 aliphatic rings.